The van der Waals surface area contributed by atoms with Crippen molar-refractivity contribution in [3.63, 3.8) is 0 Å². The van der Waals surface area contributed by atoms with Crippen molar-refractivity contribution in [1.29, 1.82) is 0 Å². The molecule has 152 valence electrons. The third kappa shape index (κ3) is 4.62. The van der Waals surface area contributed by atoms with Crippen LogP contribution in [0.5, 0.6) is 5.75 Å². The topological polar surface area (TPSA) is 55.8 Å². The summed E-state index contributed by atoms with van der Waals surface area (Å²) in [6, 6.07) is 14.8. The summed E-state index contributed by atoms with van der Waals surface area (Å²) in [5.41, 5.74) is 2.85. The molecule has 0 bridgehead atoms. The summed E-state index contributed by atoms with van der Waals surface area (Å²) < 4.78 is 10.6. The van der Waals surface area contributed by atoms with E-state index in [0.717, 1.165) is 11.1 Å². The number of amides is 1. The van der Waals surface area contributed by atoms with E-state index < -0.39 is 5.97 Å². The van der Waals surface area contributed by atoms with Gasteiger partial charge in [0.05, 0.1) is 25.8 Å². The molecule has 5 nitrogen and oxygen atoms in total. The van der Waals surface area contributed by atoms with Gasteiger partial charge in [-0.05, 0) is 49.2 Å². The van der Waals surface area contributed by atoms with Crippen molar-refractivity contribution in [3.05, 3.63) is 76.0 Å². The number of ether oxygens (including phenoxy) is 2. The zero-order valence-corrected chi connectivity index (χ0v) is 17.5. The molecule has 6 heteroatoms. The summed E-state index contributed by atoms with van der Waals surface area (Å²) in [6.45, 7) is 4.18. The van der Waals surface area contributed by atoms with Crippen LogP contribution in [0.4, 0.5) is 0 Å². The van der Waals surface area contributed by atoms with Gasteiger partial charge in [0, 0.05) is 23.1 Å². The molecular weight excluding hydrogens is 390 g/mol. The molecule has 0 saturated heterocycles. The SMILES string of the molecule is CCOC(=O)C1=C(C)N(Cc2cccc(Cl)c2)C(=O)CC1c1cccc(OC)c1. The lowest BCUT2D eigenvalue weighted by molar-refractivity contribution is -0.140. The number of carbonyl (C=O) groups is 2. The largest absolute Gasteiger partial charge is 0.497 e. The Bertz CT molecular complexity index is 953. The number of hydrogen-bond acceptors (Lipinski definition) is 4. The second-order valence-electron chi connectivity index (χ2n) is 6.86. The number of allylic oxidation sites excluding steroid dienone is 1. The number of carbonyl (C=O) groups excluding carboxylic acids is 2. The third-order valence-electron chi connectivity index (χ3n) is 5.04. The van der Waals surface area contributed by atoms with Crippen LogP contribution in [0.1, 0.15) is 37.3 Å². The Morgan fingerprint density at radius 1 is 1.21 bits per heavy atom. The summed E-state index contributed by atoms with van der Waals surface area (Å²) in [7, 11) is 1.59. The van der Waals surface area contributed by atoms with Gasteiger partial charge in [0.2, 0.25) is 5.91 Å². The zero-order valence-electron chi connectivity index (χ0n) is 16.8. The van der Waals surface area contributed by atoms with Crippen LogP contribution in [-0.4, -0.2) is 30.5 Å². The van der Waals surface area contributed by atoms with Crippen molar-refractivity contribution >= 4 is 23.5 Å². The normalized spacial score (nSPS) is 16.8. The summed E-state index contributed by atoms with van der Waals surface area (Å²) in [6.07, 6.45) is 0.180. The van der Waals surface area contributed by atoms with E-state index in [1.165, 1.54) is 0 Å². The average molecular weight is 414 g/mol. The van der Waals surface area contributed by atoms with Gasteiger partial charge in [0.15, 0.2) is 0 Å². The van der Waals surface area contributed by atoms with Crippen molar-refractivity contribution in [2.75, 3.05) is 13.7 Å². The molecule has 1 aliphatic heterocycles. The Balaban J connectivity index is 2.03. The van der Waals surface area contributed by atoms with E-state index in [-0.39, 0.29) is 24.9 Å². The van der Waals surface area contributed by atoms with Crippen LogP contribution in [0.3, 0.4) is 0 Å². The fourth-order valence-corrected chi connectivity index (χ4v) is 3.85. The lowest BCUT2D eigenvalue weighted by atomic mass is 9.83. The molecule has 0 fully saturated rings. The molecule has 1 atom stereocenters. The Morgan fingerprint density at radius 3 is 2.66 bits per heavy atom. The number of benzene rings is 2. The van der Waals surface area contributed by atoms with Gasteiger partial charge in [-0.15, -0.1) is 0 Å². The minimum atomic E-state index is -0.401. The number of methoxy groups -OCH3 is 1. The van der Waals surface area contributed by atoms with Crippen LogP contribution < -0.4 is 4.74 Å². The van der Waals surface area contributed by atoms with Crippen LogP contribution in [0.2, 0.25) is 5.02 Å². The first-order valence-electron chi connectivity index (χ1n) is 9.51. The molecule has 0 N–H and O–H groups in total. The minimum absolute atomic E-state index is 0.0525. The highest BCUT2D eigenvalue weighted by Crippen LogP contribution is 2.38. The quantitative estimate of drug-likeness (QED) is 0.644. The predicted molar refractivity (Wildman–Crippen MR) is 112 cm³/mol. The number of nitrogens with zero attached hydrogens (tertiary/aromatic N) is 1. The van der Waals surface area contributed by atoms with Gasteiger partial charge in [-0.3, -0.25) is 4.79 Å². The van der Waals surface area contributed by atoms with E-state index in [9.17, 15) is 9.59 Å². The van der Waals surface area contributed by atoms with Crippen LogP contribution >= 0.6 is 11.6 Å². The van der Waals surface area contributed by atoms with Gasteiger partial charge in [0.1, 0.15) is 5.75 Å². The number of hydrogen-bond donors (Lipinski definition) is 0. The van der Waals surface area contributed by atoms with Crippen LogP contribution in [0.25, 0.3) is 0 Å². The Labute approximate surface area is 175 Å². The van der Waals surface area contributed by atoms with Crippen LogP contribution in [-0.2, 0) is 20.9 Å². The molecule has 1 unspecified atom stereocenters. The molecule has 29 heavy (non-hydrogen) atoms. The first kappa shape index (κ1) is 20.9. The minimum Gasteiger partial charge on any atom is -0.497 e. The molecule has 1 amide bonds. The average Bonchev–Trinajstić information content (AvgIpc) is 2.71. The lowest BCUT2D eigenvalue weighted by Gasteiger charge is -2.34. The lowest BCUT2D eigenvalue weighted by Crippen LogP contribution is -2.38. The van der Waals surface area contributed by atoms with E-state index in [2.05, 4.69) is 0 Å². The summed E-state index contributed by atoms with van der Waals surface area (Å²) in [4.78, 5) is 27.5. The van der Waals surface area contributed by atoms with E-state index in [1.54, 1.807) is 31.9 Å². The van der Waals surface area contributed by atoms with Crippen molar-refractivity contribution < 1.29 is 19.1 Å². The highest BCUT2D eigenvalue weighted by atomic mass is 35.5. The molecule has 0 spiro atoms. The van der Waals surface area contributed by atoms with Crippen LogP contribution in [0.15, 0.2) is 59.8 Å². The molecule has 1 aliphatic rings. The maximum atomic E-state index is 13.0. The summed E-state index contributed by atoms with van der Waals surface area (Å²) >= 11 is 6.09. The standard InChI is InChI=1S/C23H24ClNO4/c1-4-29-23(27)22-15(2)25(14-16-7-5-9-18(24)11-16)21(26)13-20(22)17-8-6-10-19(12-17)28-3/h5-12,20H,4,13-14H2,1-3H3. The second kappa shape index (κ2) is 9.14. The highest BCUT2D eigenvalue weighted by Gasteiger charge is 2.37. The van der Waals surface area contributed by atoms with E-state index in [0.29, 0.717) is 28.6 Å². The molecule has 0 aromatic heterocycles. The van der Waals surface area contributed by atoms with Gasteiger partial charge in [-0.1, -0.05) is 35.9 Å². The summed E-state index contributed by atoms with van der Waals surface area (Å²) in [5.74, 6) is -0.158. The molecule has 1 heterocycles. The molecule has 0 aliphatic carbocycles. The fourth-order valence-electron chi connectivity index (χ4n) is 3.64. The van der Waals surface area contributed by atoms with Crippen molar-refractivity contribution in [2.24, 2.45) is 0 Å². The maximum absolute atomic E-state index is 13.0. The Hall–Kier alpha value is -2.79. The molecule has 0 saturated carbocycles. The maximum Gasteiger partial charge on any atom is 0.336 e. The van der Waals surface area contributed by atoms with Gasteiger partial charge in [-0.2, -0.15) is 0 Å². The molecule has 3 rings (SSSR count). The van der Waals surface area contributed by atoms with E-state index >= 15 is 0 Å². The van der Waals surface area contributed by atoms with Crippen molar-refractivity contribution in [3.8, 4) is 5.75 Å². The highest BCUT2D eigenvalue weighted by molar-refractivity contribution is 6.30. The first-order valence-corrected chi connectivity index (χ1v) is 9.89. The van der Waals surface area contributed by atoms with Crippen molar-refractivity contribution in [2.45, 2.75) is 32.7 Å². The first-order chi connectivity index (χ1) is 13.9. The molecular formula is C23H24ClNO4. The van der Waals surface area contributed by atoms with Crippen LogP contribution in [0, 0.1) is 0 Å². The number of rotatable bonds is 6. The third-order valence-corrected chi connectivity index (χ3v) is 5.28. The smallest absolute Gasteiger partial charge is 0.336 e. The molecule has 0 radical (unpaired) electrons. The number of esters is 1. The summed E-state index contributed by atoms with van der Waals surface area (Å²) in [5, 5.41) is 0.605. The van der Waals surface area contributed by atoms with Gasteiger partial charge >= 0.3 is 5.97 Å². The van der Waals surface area contributed by atoms with E-state index in [1.807, 2.05) is 42.5 Å². The number of halogens is 1. The molecule has 2 aromatic rings. The van der Waals surface area contributed by atoms with Gasteiger partial charge in [-0.25, -0.2) is 4.79 Å². The predicted octanol–water partition coefficient (Wildman–Crippen LogP) is 4.70. The zero-order chi connectivity index (χ0) is 21.0. The Morgan fingerprint density at radius 2 is 1.97 bits per heavy atom. The van der Waals surface area contributed by atoms with E-state index in [4.69, 9.17) is 21.1 Å². The second-order valence-corrected chi connectivity index (χ2v) is 7.30. The van der Waals surface area contributed by atoms with Crippen molar-refractivity contribution in [1.82, 2.24) is 4.90 Å². The monoisotopic (exact) mass is 413 g/mol. The fraction of sp³-hybridized carbons (Fsp3) is 0.304. The van der Waals surface area contributed by atoms with Gasteiger partial charge in [0.25, 0.3) is 0 Å². The molecule has 2 aromatic carbocycles. The Kier molecular flexibility index (Phi) is 6.60. The van der Waals surface area contributed by atoms with Gasteiger partial charge < -0.3 is 14.4 Å².